The average molecular weight is 252 g/mol. The summed E-state index contributed by atoms with van der Waals surface area (Å²) in [5.74, 6) is 0.278. The molecule has 1 rings (SSSR count). The van der Waals surface area contributed by atoms with Crippen molar-refractivity contribution in [1.29, 1.82) is 0 Å². The van der Waals surface area contributed by atoms with Gasteiger partial charge in [-0.25, -0.2) is 0 Å². The first-order chi connectivity index (χ1) is 8.33. The van der Waals surface area contributed by atoms with Crippen molar-refractivity contribution in [3.8, 4) is 5.75 Å². The normalized spacial score (nSPS) is 11.1. The number of nitro benzene ring substituents is 1. The zero-order valence-electron chi connectivity index (χ0n) is 11.3. The minimum Gasteiger partial charge on any atom is -0.490 e. The highest BCUT2D eigenvalue weighted by Crippen LogP contribution is 2.29. The Morgan fingerprint density at radius 3 is 2.56 bits per heavy atom. The average Bonchev–Trinajstić information content (AvgIpc) is 2.26. The molecule has 5 heteroatoms. The molecule has 1 N–H and O–H groups in total. The van der Waals surface area contributed by atoms with Gasteiger partial charge in [0.1, 0.15) is 0 Å². The van der Waals surface area contributed by atoms with E-state index in [0.29, 0.717) is 0 Å². The number of nitro groups is 1. The smallest absolute Gasteiger partial charge is 0.311 e. The topological polar surface area (TPSA) is 64.4 Å². The molecule has 100 valence electrons. The Kier molecular flexibility index (Phi) is 4.53. The van der Waals surface area contributed by atoms with Gasteiger partial charge in [0.2, 0.25) is 0 Å². The summed E-state index contributed by atoms with van der Waals surface area (Å²) in [4.78, 5) is 10.3. The molecule has 0 saturated heterocycles. The Balaban J connectivity index is 2.71. The van der Waals surface area contributed by atoms with E-state index in [9.17, 15) is 10.1 Å². The minimum absolute atomic E-state index is 0.0149. The van der Waals surface area contributed by atoms with Gasteiger partial charge in [-0.15, -0.1) is 0 Å². The summed E-state index contributed by atoms with van der Waals surface area (Å²) >= 11 is 0. The van der Waals surface area contributed by atoms with Crippen molar-refractivity contribution in [2.24, 2.45) is 5.41 Å². The van der Waals surface area contributed by atoms with Crippen LogP contribution in [0.4, 0.5) is 11.4 Å². The summed E-state index contributed by atoms with van der Waals surface area (Å²) in [7, 11) is 1.43. The Morgan fingerprint density at radius 2 is 2.06 bits per heavy atom. The molecule has 1 aromatic rings. The number of nitrogens with one attached hydrogen (secondary N) is 1. The van der Waals surface area contributed by atoms with E-state index in [4.69, 9.17) is 4.74 Å². The lowest BCUT2D eigenvalue weighted by atomic mass is 9.92. The molecule has 0 amide bonds. The van der Waals surface area contributed by atoms with E-state index >= 15 is 0 Å². The predicted octanol–water partition coefficient (Wildman–Crippen LogP) is 3.45. The van der Waals surface area contributed by atoms with Crippen molar-refractivity contribution in [3.63, 3.8) is 0 Å². The van der Waals surface area contributed by atoms with Gasteiger partial charge in [-0.2, -0.15) is 0 Å². The van der Waals surface area contributed by atoms with Crippen molar-refractivity contribution in [1.82, 2.24) is 0 Å². The molecule has 0 fully saturated rings. The maximum Gasteiger partial charge on any atom is 0.311 e. The molecule has 0 atom stereocenters. The third-order valence-electron chi connectivity index (χ3n) is 2.58. The zero-order valence-corrected chi connectivity index (χ0v) is 11.3. The lowest BCUT2D eigenvalue weighted by Gasteiger charge is -2.18. The van der Waals surface area contributed by atoms with Crippen LogP contribution in [0.5, 0.6) is 5.75 Å². The summed E-state index contributed by atoms with van der Waals surface area (Å²) in [6.45, 7) is 7.34. The zero-order chi connectivity index (χ0) is 13.8. The Hall–Kier alpha value is -1.78. The monoisotopic (exact) mass is 252 g/mol. The van der Waals surface area contributed by atoms with Crippen molar-refractivity contribution in [2.75, 3.05) is 19.0 Å². The van der Waals surface area contributed by atoms with Crippen molar-refractivity contribution < 1.29 is 9.66 Å². The standard InChI is InChI=1S/C13H20N2O3/c1-13(2,3)7-8-14-10-5-6-11(15(16)17)12(9-10)18-4/h5-6,9,14H,7-8H2,1-4H3. The van der Waals surface area contributed by atoms with E-state index in [1.807, 2.05) is 0 Å². The summed E-state index contributed by atoms with van der Waals surface area (Å²) in [6.07, 6.45) is 1.02. The molecule has 0 unspecified atom stereocenters. The fourth-order valence-corrected chi connectivity index (χ4v) is 1.52. The predicted molar refractivity (Wildman–Crippen MR) is 72.2 cm³/mol. The van der Waals surface area contributed by atoms with Crippen LogP contribution < -0.4 is 10.1 Å². The lowest BCUT2D eigenvalue weighted by Crippen LogP contribution is -2.12. The first-order valence-corrected chi connectivity index (χ1v) is 5.90. The van der Waals surface area contributed by atoms with E-state index in [-0.39, 0.29) is 16.9 Å². The number of ether oxygens (including phenoxy) is 1. The summed E-state index contributed by atoms with van der Waals surface area (Å²) < 4.78 is 5.01. The van der Waals surface area contributed by atoms with Crippen molar-refractivity contribution in [2.45, 2.75) is 27.2 Å². The van der Waals surface area contributed by atoms with E-state index < -0.39 is 4.92 Å². The van der Waals surface area contributed by atoms with Crippen LogP contribution in [0.1, 0.15) is 27.2 Å². The number of nitrogens with zero attached hydrogens (tertiary/aromatic N) is 1. The molecule has 0 heterocycles. The van der Waals surface area contributed by atoms with E-state index in [1.54, 1.807) is 12.1 Å². The Bertz CT molecular complexity index is 425. The third kappa shape index (κ3) is 4.24. The molecule has 0 aliphatic rings. The maximum absolute atomic E-state index is 10.7. The Labute approximate surface area is 107 Å². The summed E-state index contributed by atoms with van der Waals surface area (Å²) in [5, 5.41) is 14.0. The number of anilines is 1. The molecule has 0 saturated carbocycles. The summed E-state index contributed by atoms with van der Waals surface area (Å²) in [6, 6.07) is 4.81. The molecule has 0 spiro atoms. The van der Waals surface area contributed by atoms with Crippen LogP contribution in [-0.2, 0) is 0 Å². The Morgan fingerprint density at radius 1 is 1.39 bits per heavy atom. The van der Waals surface area contributed by atoms with Crippen LogP contribution in [0.15, 0.2) is 18.2 Å². The highest BCUT2D eigenvalue weighted by Gasteiger charge is 2.15. The van der Waals surface area contributed by atoms with Gasteiger partial charge in [-0.3, -0.25) is 10.1 Å². The molecule has 0 aliphatic heterocycles. The molecule has 0 aliphatic carbocycles. The highest BCUT2D eigenvalue weighted by atomic mass is 16.6. The lowest BCUT2D eigenvalue weighted by molar-refractivity contribution is -0.385. The maximum atomic E-state index is 10.7. The van der Waals surface area contributed by atoms with Gasteiger partial charge >= 0.3 is 5.69 Å². The van der Waals surface area contributed by atoms with Gasteiger partial charge in [0.05, 0.1) is 12.0 Å². The SMILES string of the molecule is COc1cc(NCCC(C)(C)C)ccc1[N+](=O)[O-]. The van der Waals surface area contributed by atoms with Crippen LogP contribution in [-0.4, -0.2) is 18.6 Å². The van der Waals surface area contributed by atoms with E-state index in [0.717, 1.165) is 18.7 Å². The second-order valence-corrected chi connectivity index (χ2v) is 5.38. The number of hydrogen-bond donors (Lipinski definition) is 1. The fourth-order valence-electron chi connectivity index (χ4n) is 1.52. The molecular weight excluding hydrogens is 232 g/mol. The molecule has 0 radical (unpaired) electrons. The van der Waals surface area contributed by atoms with Crippen LogP contribution in [0.3, 0.4) is 0 Å². The molecule has 5 nitrogen and oxygen atoms in total. The summed E-state index contributed by atoms with van der Waals surface area (Å²) in [5.41, 5.74) is 1.08. The van der Waals surface area contributed by atoms with Gasteiger partial charge in [0, 0.05) is 24.4 Å². The molecule has 0 aromatic heterocycles. The van der Waals surface area contributed by atoms with Gasteiger partial charge in [0.25, 0.3) is 0 Å². The van der Waals surface area contributed by atoms with E-state index in [1.165, 1.54) is 13.2 Å². The van der Waals surface area contributed by atoms with Crippen LogP contribution in [0.2, 0.25) is 0 Å². The van der Waals surface area contributed by atoms with Crippen LogP contribution >= 0.6 is 0 Å². The third-order valence-corrected chi connectivity index (χ3v) is 2.58. The highest BCUT2D eigenvalue weighted by molar-refractivity contribution is 5.57. The number of methoxy groups -OCH3 is 1. The number of hydrogen-bond acceptors (Lipinski definition) is 4. The van der Waals surface area contributed by atoms with Crippen molar-refractivity contribution >= 4 is 11.4 Å². The largest absolute Gasteiger partial charge is 0.490 e. The quantitative estimate of drug-likeness (QED) is 0.644. The van der Waals surface area contributed by atoms with Crippen LogP contribution in [0.25, 0.3) is 0 Å². The van der Waals surface area contributed by atoms with Crippen LogP contribution in [0, 0.1) is 15.5 Å². The minimum atomic E-state index is -0.447. The fraction of sp³-hybridized carbons (Fsp3) is 0.538. The van der Waals surface area contributed by atoms with Gasteiger partial charge in [0.15, 0.2) is 5.75 Å². The first-order valence-electron chi connectivity index (χ1n) is 5.90. The van der Waals surface area contributed by atoms with E-state index in [2.05, 4.69) is 26.1 Å². The van der Waals surface area contributed by atoms with Gasteiger partial charge < -0.3 is 10.1 Å². The molecular formula is C13H20N2O3. The molecule has 0 bridgehead atoms. The van der Waals surface area contributed by atoms with Gasteiger partial charge in [-0.05, 0) is 17.9 Å². The van der Waals surface area contributed by atoms with Gasteiger partial charge in [-0.1, -0.05) is 20.8 Å². The number of benzene rings is 1. The second-order valence-electron chi connectivity index (χ2n) is 5.38. The molecule has 1 aromatic carbocycles. The second kappa shape index (κ2) is 5.71. The first kappa shape index (κ1) is 14.3. The van der Waals surface area contributed by atoms with Crippen molar-refractivity contribution in [3.05, 3.63) is 28.3 Å². The number of rotatable bonds is 5. The molecule has 18 heavy (non-hydrogen) atoms.